The van der Waals surface area contributed by atoms with E-state index in [0.717, 1.165) is 16.2 Å². The normalized spacial score (nSPS) is 18.4. The van der Waals surface area contributed by atoms with Gasteiger partial charge in [0.1, 0.15) is 0 Å². The number of hydrogen-bond acceptors (Lipinski definition) is 5. The summed E-state index contributed by atoms with van der Waals surface area (Å²) in [5.74, 6) is -0.799. The summed E-state index contributed by atoms with van der Waals surface area (Å²) < 4.78 is 0. The quantitative estimate of drug-likeness (QED) is 0.606. The molecule has 28 heavy (non-hydrogen) atoms. The summed E-state index contributed by atoms with van der Waals surface area (Å²) in [6.07, 6.45) is 0.825. The summed E-state index contributed by atoms with van der Waals surface area (Å²) in [6.45, 7) is 0.624. The van der Waals surface area contributed by atoms with Crippen LogP contribution < -0.4 is 0 Å². The molecular weight excluding hydrogens is 392 g/mol. The van der Waals surface area contributed by atoms with Crippen LogP contribution in [0.25, 0.3) is 0 Å². The van der Waals surface area contributed by atoms with Gasteiger partial charge in [0.25, 0.3) is 17.7 Å². The number of fused-ring (bicyclic) bond motifs is 2. The first-order valence-corrected chi connectivity index (χ1v) is 10.7. The van der Waals surface area contributed by atoms with Crippen molar-refractivity contribution in [2.75, 3.05) is 13.6 Å². The molecule has 5 nitrogen and oxygen atoms in total. The Kier molecular flexibility index (Phi) is 3.96. The molecule has 0 N–H and O–H groups in total. The Labute approximate surface area is 169 Å². The highest BCUT2D eigenvalue weighted by molar-refractivity contribution is 7.10. The minimum atomic E-state index is -0.358. The van der Waals surface area contributed by atoms with Crippen molar-refractivity contribution >= 4 is 40.4 Å². The highest BCUT2D eigenvalue weighted by Crippen LogP contribution is 2.40. The van der Waals surface area contributed by atoms with Crippen LogP contribution >= 0.6 is 22.7 Å². The molecule has 2 aromatic heterocycles. The summed E-state index contributed by atoms with van der Waals surface area (Å²) in [4.78, 5) is 43.3. The molecule has 7 heteroatoms. The highest BCUT2D eigenvalue weighted by Gasteiger charge is 2.36. The van der Waals surface area contributed by atoms with Gasteiger partial charge < -0.3 is 4.90 Å². The highest BCUT2D eigenvalue weighted by atomic mass is 32.1. The van der Waals surface area contributed by atoms with Crippen molar-refractivity contribution in [2.45, 2.75) is 12.5 Å². The zero-order chi connectivity index (χ0) is 19.4. The Hall–Kier alpha value is -2.77. The van der Waals surface area contributed by atoms with E-state index in [9.17, 15) is 14.4 Å². The Bertz CT molecular complexity index is 1120. The van der Waals surface area contributed by atoms with Crippen LogP contribution in [0.2, 0.25) is 0 Å². The van der Waals surface area contributed by atoms with E-state index in [1.807, 2.05) is 16.3 Å². The van der Waals surface area contributed by atoms with Gasteiger partial charge in [0.15, 0.2) is 0 Å². The SMILES string of the molecule is CN1C(=O)c2ccc(C(=O)N3CCc4sccc4C3c3cccs3)cc2C1=O. The molecular formula is C21H16N2O3S2. The molecule has 0 saturated carbocycles. The summed E-state index contributed by atoms with van der Waals surface area (Å²) in [6, 6.07) is 10.9. The first-order valence-electron chi connectivity index (χ1n) is 8.93. The molecule has 3 amide bonds. The van der Waals surface area contributed by atoms with Crippen LogP contribution in [0.1, 0.15) is 52.4 Å². The topological polar surface area (TPSA) is 57.7 Å². The number of amides is 3. The van der Waals surface area contributed by atoms with Gasteiger partial charge in [-0.2, -0.15) is 0 Å². The molecule has 4 heterocycles. The van der Waals surface area contributed by atoms with Crippen LogP contribution in [0.5, 0.6) is 0 Å². The van der Waals surface area contributed by atoms with Crippen molar-refractivity contribution in [2.24, 2.45) is 0 Å². The van der Waals surface area contributed by atoms with Crippen LogP contribution in [0.4, 0.5) is 0 Å². The number of imide groups is 1. The van der Waals surface area contributed by atoms with Crippen LogP contribution in [-0.4, -0.2) is 41.1 Å². The van der Waals surface area contributed by atoms with Gasteiger partial charge in [0, 0.05) is 28.9 Å². The smallest absolute Gasteiger partial charge is 0.261 e. The standard InChI is InChI=1S/C21H16N2O3S2/c1-22-20(25)13-5-4-12(11-15(13)21(22)26)19(24)23-8-6-16-14(7-10-28-16)18(23)17-3-2-9-27-17/h2-5,7,9-11,18H,6,8H2,1H3. The van der Waals surface area contributed by atoms with Gasteiger partial charge in [0.2, 0.25) is 0 Å². The van der Waals surface area contributed by atoms with E-state index in [4.69, 9.17) is 0 Å². The monoisotopic (exact) mass is 408 g/mol. The Morgan fingerprint density at radius 1 is 1.04 bits per heavy atom. The van der Waals surface area contributed by atoms with E-state index in [-0.39, 0.29) is 23.8 Å². The Morgan fingerprint density at radius 3 is 2.64 bits per heavy atom. The van der Waals surface area contributed by atoms with Gasteiger partial charge in [-0.05, 0) is 53.1 Å². The molecule has 3 aromatic rings. The van der Waals surface area contributed by atoms with Crippen molar-refractivity contribution in [1.29, 1.82) is 0 Å². The molecule has 0 bridgehead atoms. The first-order chi connectivity index (χ1) is 13.6. The predicted octanol–water partition coefficient (Wildman–Crippen LogP) is 3.82. The molecule has 1 aromatic carbocycles. The molecule has 1 atom stereocenters. The molecule has 0 aliphatic carbocycles. The summed E-state index contributed by atoms with van der Waals surface area (Å²) >= 11 is 3.37. The first kappa shape index (κ1) is 17.3. The van der Waals surface area contributed by atoms with Gasteiger partial charge in [-0.25, -0.2) is 0 Å². The fourth-order valence-electron chi connectivity index (χ4n) is 3.95. The molecule has 140 valence electrons. The molecule has 1 unspecified atom stereocenters. The second-order valence-corrected chi connectivity index (χ2v) is 8.88. The third-order valence-corrected chi connectivity index (χ3v) is 7.30. The second-order valence-electron chi connectivity index (χ2n) is 6.90. The predicted molar refractivity (Wildman–Crippen MR) is 108 cm³/mol. The maximum absolute atomic E-state index is 13.4. The number of benzene rings is 1. The van der Waals surface area contributed by atoms with Gasteiger partial charge >= 0.3 is 0 Å². The molecule has 0 fully saturated rings. The molecule has 5 rings (SSSR count). The molecule has 2 aliphatic heterocycles. The van der Waals surface area contributed by atoms with Crippen LogP contribution in [0.15, 0.2) is 47.2 Å². The lowest BCUT2D eigenvalue weighted by Crippen LogP contribution is -2.39. The number of thiophene rings is 2. The lowest BCUT2D eigenvalue weighted by Gasteiger charge is -2.35. The summed E-state index contributed by atoms with van der Waals surface area (Å²) in [7, 11) is 1.46. The third-order valence-electron chi connectivity index (χ3n) is 5.38. The number of carbonyl (C=O) groups excluding carboxylic acids is 3. The molecule has 0 spiro atoms. The van der Waals surface area contributed by atoms with Gasteiger partial charge in [-0.15, -0.1) is 22.7 Å². The zero-order valence-corrected chi connectivity index (χ0v) is 16.7. The zero-order valence-electron chi connectivity index (χ0n) is 15.0. The van der Waals surface area contributed by atoms with E-state index in [2.05, 4.69) is 17.5 Å². The van der Waals surface area contributed by atoms with Crippen molar-refractivity contribution in [3.63, 3.8) is 0 Å². The maximum Gasteiger partial charge on any atom is 0.261 e. The lowest BCUT2D eigenvalue weighted by atomic mass is 9.96. The van der Waals surface area contributed by atoms with Crippen LogP contribution in [0, 0.1) is 0 Å². The van der Waals surface area contributed by atoms with Crippen molar-refractivity contribution in [1.82, 2.24) is 9.80 Å². The maximum atomic E-state index is 13.4. The van der Waals surface area contributed by atoms with E-state index >= 15 is 0 Å². The van der Waals surface area contributed by atoms with E-state index in [1.54, 1.807) is 40.9 Å². The van der Waals surface area contributed by atoms with Gasteiger partial charge in [-0.1, -0.05) is 6.07 Å². The van der Waals surface area contributed by atoms with E-state index in [0.29, 0.717) is 23.2 Å². The van der Waals surface area contributed by atoms with E-state index < -0.39 is 0 Å². The van der Waals surface area contributed by atoms with Crippen LogP contribution in [0.3, 0.4) is 0 Å². The minimum Gasteiger partial charge on any atom is -0.326 e. The number of hydrogen-bond donors (Lipinski definition) is 0. The van der Waals surface area contributed by atoms with Crippen molar-refractivity contribution in [3.05, 3.63) is 79.2 Å². The fraction of sp³-hybridized carbons (Fsp3) is 0.190. The summed E-state index contributed by atoms with van der Waals surface area (Å²) in [5.41, 5.74) is 2.28. The second kappa shape index (κ2) is 6.39. The third kappa shape index (κ3) is 2.47. The average molecular weight is 409 g/mol. The molecule has 2 aliphatic rings. The number of nitrogens with zero attached hydrogens (tertiary/aromatic N) is 2. The van der Waals surface area contributed by atoms with Crippen molar-refractivity contribution in [3.8, 4) is 0 Å². The van der Waals surface area contributed by atoms with Gasteiger partial charge in [0.05, 0.1) is 17.2 Å². The summed E-state index contributed by atoms with van der Waals surface area (Å²) in [5, 5.41) is 4.10. The van der Waals surface area contributed by atoms with E-state index in [1.165, 1.54) is 17.5 Å². The average Bonchev–Trinajstić information content (AvgIpc) is 3.45. The van der Waals surface area contributed by atoms with Gasteiger partial charge in [-0.3, -0.25) is 19.3 Å². The molecule has 0 saturated heterocycles. The lowest BCUT2D eigenvalue weighted by molar-refractivity contribution is 0.0688. The number of carbonyl (C=O) groups is 3. The Balaban J connectivity index is 1.55. The van der Waals surface area contributed by atoms with Crippen molar-refractivity contribution < 1.29 is 14.4 Å². The number of rotatable bonds is 2. The minimum absolute atomic E-state index is 0.115. The largest absolute Gasteiger partial charge is 0.326 e. The fourth-order valence-corrected chi connectivity index (χ4v) is 5.71. The molecule has 0 radical (unpaired) electrons. The Morgan fingerprint density at radius 2 is 1.86 bits per heavy atom. The van der Waals surface area contributed by atoms with Crippen LogP contribution in [-0.2, 0) is 6.42 Å².